The number of carbonyl (C=O) groups excluding carboxylic acids is 1. The summed E-state index contributed by atoms with van der Waals surface area (Å²) in [5.74, 6) is 1.94. The van der Waals surface area contributed by atoms with Gasteiger partial charge in [0.2, 0.25) is 5.91 Å². The first-order valence-electron chi connectivity index (χ1n) is 9.16. The SMILES string of the molecule is COc1ccc(/C=C/C(=O)NC(=S)Nc2ccccc2OCC(C)C)cc1OC. The van der Waals surface area contributed by atoms with Crippen molar-refractivity contribution in [3.8, 4) is 17.2 Å². The maximum Gasteiger partial charge on any atom is 0.250 e. The summed E-state index contributed by atoms with van der Waals surface area (Å²) in [6.45, 7) is 4.74. The number of nitrogens with one attached hydrogen (secondary N) is 2. The van der Waals surface area contributed by atoms with E-state index in [0.29, 0.717) is 35.5 Å². The Morgan fingerprint density at radius 1 is 1.07 bits per heavy atom. The van der Waals surface area contributed by atoms with Crippen molar-refractivity contribution in [2.75, 3.05) is 26.1 Å². The number of rotatable bonds is 8. The van der Waals surface area contributed by atoms with Gasteiger partial charge in [-0.15, -0.1) is 0 Å². The highest BCUT2D eigenvalue weighted by Gasteiger charge is 2.08. The minimum Gasteiger partial charge on any atom is -0.493 e. The zero-order valence-corrected chi connectivity index (χ0v) is 17.8. The standard InChI is InChI=1S/C22H26N2O4S/c1-15(2)14-28-18-8-6-5-7-17(18)23-22(29)24-21(25)12-10-16-9-11-19(26-3)20(13-16)27-4/h5-13,15H,14H2,1-4H3,(H2,23,24,25,29)/b12-10+. The normalized spacial score (nSPS) is 10.7. The molecule has 0 aromatic heterocycles. The van der Waals surface area contributed by atoms with Gasteiger partial charge in [0.05, 0.1) is 26.5 Å². The molecule has 0 saturated heterocycles. The van der Waals surface area contributed by atoms with Crippen molar-refractivity contribution >= 4 is 35.0 Å². The summed E-state index contributed by atoms with van der Waals surface area (Å²) in [4.78, 5) is 12.2. The number of thiocarbonyl (C=S) groups is 1. The predicted molar refractivity (Wildman–Crippen MR) is 120 cm³/mol. The number of anilines is 1. The molecule has 0 aliphatic rings. The lowest BCUT2D eigenvalue weighted by atomic mass is 10.2. The van der Waals surface area contributed by atoms with E-state index in [-0.39, 0.29) is 11.0 Å². The average molecular weight is 415 g/mol. The van der Waals surface area contributed by atoms with Crippen molar-refractivity contribution in [3.63, 3.8) is 0 Å². The smallest absolute Gasteiger partial charge is 0.250 e. The predicted octanol–water partition coefficient (Wildman–Crippen LogP) is 4.27. The second kappa shape index (κ2) is 11.1. The van der Waals surface area contributed by atoms with Gasteiger partial charge in [-0.25, -0.2) is 0 Å². The molecule has 0 aliphatic heterocycles. The summed E-state index contributed by atoms with van der Waals surface area (Å²) < 4.78 is 16.2. The first-order valence-corrected chi connectivity index (χ1v) is 9.57. The van der Waals surface area contributed by atoms with Gasteiger partial charge in [0.1, 0.15) is 5.75 Å². The van der Waals surface area contributed by atoms with Crippen LogP contribution in [0.3, 0.4) is 0 Å². The van der Waals surface area contributed by atoms with E-state index >= 15 is 0 Å². The maximum atomic E-state index is 12.2. The van der Waals surface area contributed by atoms with Crippen LogP contribution >= 0.6 is 12.2 Å². The highest BCUT2D eigenvalue weighted by molar-refractivity contribution is 7.80. The average Bonchev–Trinajstić information content (AvgIpc) is 2.71. The number of methoxy groups -OCH3 is 2. The number of hydrogen-bond donors (Lipinski definition) is 2. The molecule has 0 radical (unpaired) electrons. The Labute approximate surface area is 176 Å². The Kier molecular flexibility index (Phi) is 8.48. The first kappa shape index (κ1) is 22.2. The zero-order chi connectivity index (χ0) is 21.2. The Bertz CT molecular complexity index is 881. The van der Waals surface area contributed by atoms with Crippen LogP contribution in [0.25, 0.3) is 6.08 Å². The summed E-state index contributed by atoms with van der Waals surface area (Å²) in [7, 11) is 3.13. The molecule has 0 fully saturated rings. The minimum atomic E-state index is -0.349. The van der Waals surface area contributed by atoms with Crippen LogP contribution in [0.5, 0.6) is 17.2 Å². The summed E-state index contributed by atoms with van der Waals surface area (Å²) in [5.41, 5.74) is 1.49. The third kappa shape index (κ3) is 7.12. The summed E-state index contributed by atoms with van der Waals surface area (Å²) in [5, 5.41) is 5.81. The molecule has 0 saturated carbocycles. The van der Waals surface area contributed by atoms with Crippen LogP contribution in [0.4, 0.5) is 5.69 Å². The molecule has 0 heterocycles. The molecule has 0 atom stereocenters. The minimum absolute atomic E-state index is 0.188. The van der Waals surface area contributed by atoms with Crippen LogP contribution < -0.4 is 24.8 Å². The molecule has 0 aliphatic carbocycles. The van der Waals surface area contributed by atoms with Crippen LogP contribution in [-0.2, 0) is 4.79 Å². The molecule has 2 rings (SSSR count). The number of para-hydroxylation sites is 2. The number of amides is 1. The lowest BCUT2D eigenvalue weighted by molar-refractivity contribution is -0.115. The molecule has 2 N–H and O–H groups in total. The maximum absolute atomic E-state index is 12.2. The van der Waals surface area contributed by atoms with Crippen molar-refractivity contribution < 1.29 is 19.0 Å². The molecule has 1 amide bonds. The first-order chi connectivity index (χ1) is 13.9. The number of hydrogen-bond acceptors (Lipinski definition) is 5. The van der Waals surface area contributed by atoms with Crippen molar-refractivity contribution in [2.24, 2.45) is 5.92 Å². The Morgan fingerprint density at radius 3 is 2.48 bits per heavy atom. The van der Waals surface area contributed by atoms with E-state index in [9.17, 15) is 4.79 Å². The van der Waals surface area contributed by atoms with Crippen molar-refractivity contribution in [2.45, 2.75) is 13.8 Å². The van der Waals surface area contributed by atoms with Crippen molar-refractivity contribution in [1.29, 1.82) is 0 Å². The van der Waals surface area contributed by atoms with Gasteiger partial charge in [-0.3, -0.25) is 10.1 Å². The molecule has 7 heteroatoms. The van der Waals surface area contributed by atoms with Gasteiger partial charge in [0.25, 0.3) is 0 Å². The lowest BCUT2D eigenvalue weighted by Crippen LogP contribution is -2.33. The number of carbonyl (C=O) groups is 1. The Balaban J connectivity index is 1.96. The molecular weight excluding hydrogens is 388 g/mol. The van der Waals surface area contributed by atoms with Gasteiger partial charge in [-0.1, -0.05) is 32.0 Å². The van der Waals surface area contributed by atoms with E-state index in [1.165, 1.54) is 6.08 Å². The molecule has 154 valence electrons. The molecule has 2 aromatic rings. The third-order valence-corrected chi connectivity index (χ3v) is 3.98. The molecule has 0 spiro atoms. The van der Waals surface area contributed by atoms with Crippen LogP contribution in [-0.4, -0.2) is 31.8 Å². The molecule has 6 nitrogen and oxygen atoms in total. The van der Waals surface area contributed by atoms with E-state index in [0.717, 1.165) is 5.56 Å². The summed E-state index contributed by atoms with van der Waals surface area (Å²) >= 11 is 5.24. The topological polar surface area (TPSA) is 68.8 Å². The van der Waals surface area contributed by atoms with Crippen LogP contribution in [0.15, 0.2) is 48.5 Å². The zero-order valence-electron chi connectivity index (χ0n) is 17.0. The van der Waals surface area contributed by atoms with Crippen LogP contribution in [0.1, 0.15) is 19.4 Å². The highest BCUT2D eigenvalue weighted by Crippen LogP contribution is 2.28. The van der Waals surface area contributed by atoms with E-state index in [2.05, 4.69) is 24.5 Å². The second-order valence-electron chi connectivity index (χ2n) is 6.59. The van der Waals surface area contributed by atoms with Crippen molar-refractivity contribution in [3.05, 3.63) is 54.1 Å². The fraction of sp³-hybridized carbons (Fsp3) is 0.273. The van der Waals surface area contributed by atoms with Crippen LogP contribution in [0, 0.1) is 5.92 Å². The Hall–Kier alpha value is -3.06. The largest absolute Gasteiger partial charge is 0.493 e. The van der Waals surface area contributed by atoms with Gasteiger partial charge in [-0.05, 0) is 54.0 Å². The van der Waals surface area contributed by atoms with E-state index in [4.69, 9.17) is 26.4 Å². The lowest BCUT2D eigenvalue weighted by Gasteiger charge is -2.15. The molecule has 0 unspecified atom stereocenters. The highest BCUT2D eigenvalue weighted by atomic mass is 32.1. The monoisotopic (exact) mass is 414 g/mol. The number of ether oxygens (including phenoxy) is 3. The molecule has 0 bridgehead atoms. The number of benzene rings is 2. The summed E-state index contributed by atoms with van der Waals surface area (Å²) in [6.07, 6.45) is 3.07. The van der Waals surface area contributed by atoms with Gasteiger partial charge < -0.3 is 19.5 Å². The molecular formula is C22H26N2O4S. The third-order valence-electron chi connectivity index (χ3n) is 3.78. The summed E-state index contributed by atoms with van der Waals surface area (Å²) in [6, 6.07) is 12.8. The van der Waals surface area contributed by atoms with Gasteiger partial charge >= 0.3 is 0 Å². The molecule has 29 heavy (non-hydrogen) atoms. The van der Waals surface area contributed by atoms with Gasteiger partial charge in [0, 0.05) is 6.08 Å². The van der Waals surface area contributed by atoms with Crippen LogP contribution in [0.2, 0.25) is 0 Å². The van der Waals surface area contributed by atoms with Gasteiger partial charge in [-0.2, -0.15) is 0 Å². The van der Waals surface area contributed by atoms with Crippen molar-refractivity contribution in [1.82, 2.24) is 5.32 Å². The molecule has 2 aromatic carbocycles. The fourth-order valence-corrected chi connectivity index (χ4v) is 2.60. The van der Waals surface area contributed by atoms with E-state index in [1.807, 2.05) is 30.3 Å². The fourth-order valence-electron chi connectivity index (χ4n) is 2.39. The van der Waals surface area contributed by atoms with E-state index < -0.39 is 0 Å². The Morgan fingerprint density at radius 2 is 1.79 bits per heavy atom. The quantitative estimate of drug-likeness (QED) is 0.497. The second-order valence-corrected chi connectivity index (χ2v) is 7.00. The van der Waals surface area contributed by atoms with E-state index in [1.54, 1.807) is 32.4 Å². The van der Waals surface area contributed by atoms with Gasteiger partial charge in [0.15, 0.2) is 16.6 Å².